The van der Waals surface area contributed by atoms with Crippen LogP contribution in [0.25, 0.3) is 0 Å². The Bertz CT molecular complexity index is 548. The molecule has 0 heterocycles. The first-order valence-electron chi connectivity index (χ1n) is 5.95. The molecule has 0 bridgehead atoms. The third kappa shape index (κ3) is 2.59. The van der Waals surface area contributed by atoms with Crippen molar-refractivity contribution >= 4 is 5.78 Å². The highest BCUT2D eigenvalue weighted by Crippen LogP contribution is 2.24. The molecule has 0 spiro atoms. The van der Waals surface area contributed by atoms with Crippen LogP contribution >= 0.6 is 0 Å². The second-order valence-electron chi connectivity index (χ2n) is 4.56. The lowest BCUT2D eigenvalue weighted by Gasteiger charge is -2.09. The SMILES string of the molecule is Cc1cc(C)c(C(=O)Cc2ccccc2)c(O)c1. The summed E-state index contributed by atoms with van der Waals surface area (Å²) in [6.07, 6.45) is 0.318. The zero-order chi connectivity index (χ0) is 13.1. The van der Waals surface area contributed by atoms with E-state index in [4.69, 9.17) is 0 Å². The van der Waals surface area contributed by atoms with Crippen LogP contribution in [0.5, 0.6) is 5.75 Å². The third-order valence-corrected chi connectivity index (χ3v) is 2.95. The summed E-state index contributed by atoms with van der Waals surface area (Å²) in [5.74, 6) is 0.0321. The maximum atomic E-state index is 12.2. The minimum atomic E-state index is -0.0452. The Morgan fingerprint density at radius 2 is 1.78 bits per heavy atom. The molecular weight excluding hydrogens is 224 g/mol. The van der Waals surface area contributed by atoms with Gasteiger partial charge in [-0.05, 0) is 36.6 Å². The number of hydrogen-bond acceptors (Lipinski definition) is 2. The third-order valence-electron chi connectivity index (χ3n) is 2.95. The molecule has 2 rings (SSSR count). The smallest absolute Gasteiger partial charge is 0.171 e. The van der Waals surface area contributed by atoms with Crippen molar-refractivity contribution in [3.05, 3.63) is 64.7 Å². The van der Waals surface area contributed by atoms with Crippen LogP contribution in [0, 0.1) is 13.8 Å². The molecule has 18 heavy (non-hydrogen) atoms. The van der Waals surface area contributed by atoms with Crippen molar-refractivity contribution in [1.82, 2.24) is 0 Å². The number of rotatable bonds is 3. The van der Waals surface area contributed by atoms with Gasteiger partial charge in [0.05, 0.1) is 5.56 Å². The van der Waals surface area contributed by atoms with Crippen LogP contribution < -0.4 is 0 Å². The van der Waals surface area contributed by atoms with Gasteiger partial charge in [0.15, 0.2) is 5.78 Å². The van der Waals surface area contributed by atoms with Gasteiger partial charge in [-0.1, -0.05) is 36.4 Å². The van der Waals surface area contributed by atoms with Gasteiger partial charge in [-0.25, -0.2) is 0 Å². The monoisotopic (exact) mass is 240 g/mol. The van der Waals surface area contributed by atoms with Crippen molar-refractivity contribution in [3.8, 4) is 5.75 Å². The Balaban J connectivity index is 2.30. The Hall–Kier alpha value is -2.09. The summed E-state index contributed by atoms with van der Waals surface area (Å²) in [7, 11) is 0. The van der Waals surface area contributed by atoms with Crippen molar-refractivity contribution in [2.24, 2.45) is 0 Å². The van der Waals surface area contributed by atoms with Crippen LogP contribution in [0.4, 0.5) is 0 Å². The van der Waals surface area contributed by atoms with Crippen molar-refractivity contribution in [1.29, 1.82) is 0 Å². The van der Waals surface area contributed by atoms with Crippen LogP contribution in [0.2, 0.25) is 0 Å². The van der Waals surface area contributed by atoms with Gasteiger partial charge in [0, 0.05) is 6.42 Å². The van der Waals surface area contributed by atoms with Gasteiger partial charge in [0.25, 0.3) is 0 Å². The van der Waals surface area contributed by atoms with Crippen LogP contribution in [0.3, 0.4) is 0 Å². The molecule has 2 aromatic rings. The first-order valence-corrected chi connectivity index (χ1v) is 5.95. The van der Waals surface area contributed by atoms with Crippen LogP contribution in [-0.4, -0.2) is 10.9 Å². The first kappa shape index (κ1) is 12.4. The zero-order valence-corrected chi connectivity index (χ0v) is 10.6. The summed E-state index contributed by atoms with van der Waals surface area (Å²) in [6, 6.07) is 13.1. The molecule has 2 heteroatoms. The average Bonchev–Trinajstić information content (AvgIpc) is 2.28. The van der Waals surface area contributed by atoms with Gasteiger partial charge < -0.3 is 5.11 Å². The fourth-order valence-electron chi connectivity index (χ4n) is 2.18. The Kier molecular flexibility index (Phi) is 3.47. The molecule has 0 radical (unpaired) electrons. The second-order valence-corrected chi connectivity index (χ2v) is 4.56. The van der Waals surface area contributed by atoms with E-state index in [0.29, 0.717) is 12.0 Å². The molecule has 1 N–H and O–H groups in total. The predicted molar refractivity (Wildman–Crippen MR) is 72.1 cm³/mol. The molecule has 2 nitrogen and oxygen atoms in total. The quantitative estimate of drug-likeness (QED) is 0.834. The molecule has 0 saturated heterocycles. The van der Waals surface area contributed by atoms with Gasteiger partial charge in [-0.15, -0.1) is 0 Å². The van der Waals surface area contributed by atoms with Crippen LogP contribution in [0.1, 0.15) is 27.0 Å². The first-order chi connectivity index (χ1) is 8.58. The lowest BCUT2D eigenvalue weighted by molar-refractivity contribution is 0.0990. The van der Waals surface area contributed by atoms with E-state index in [1.807, 2.05) is 50.2 Å². The number of phenolic OH excluding ortho intramolecular Hbond substituents is 1. The number of aryl methyl sites for hydroxylation is 2. The standard InChI is InChI=1S/C16H16O2/c1-11-8-12(2)16(14(17)9-11)15(18)10-13-6-4-3-5-7-13/h3-9,17H,10H2,1-2H3. The van der Waals surface area contributed by atoms with E-state index >= 15 is 0 Å². The van der Waals surface area contributed by atoms with Crippen LogP contribution in [-0.2, 0) is 6.42 Å². The van der Waals surface area contributed by atoms with Gasteiger partial charge in [-0.2, -0.15) is 0 Å². The van der Waals surface area contributed by atoms with E-state index in [0.717, 1.165) is 16.7 Å². The molecule has 0 amide bonds. The highest BCUT2D eigenvalue weighted by Gasteiger charge is 2.15. The van der Waals surface area contributed by atoms with Crippen molar-refractivity contribution < 1.29 is 9.90 Å². The Labute approximate surface area is 107 Å². The molecule has 0 unspecified atom stereocenters. The van der Waals surface area contributed by atoms with Crippen molar-refractivity contribution in [3.63, 3.8) is 0 Å². The van der Waals surface area contributed by atoms with E-state index in [9.17, 15) is 9.90 Å². The van der Waals surface area contributed by atoms with E-state index in [2.05, 4.69) is 0 Å². The lowest BCUT2D eigenvalue weighted by atomic mass is 9.97. The highest BCUT2D eigenvalue weighted by atomic mass is 16.3. The van der Waals surface area contributed by atoms with E-state index in [1.54, 1.807) is 6.07 Å². The maximum Gasteiger partial charge on any atom is 0.171 e. The van der Waals surface area contributed by atoms with Gasteiger partial charge in [0.2, 0.25) is 0 Å². The molecule has 0 fully saturated rings. The number of ketones is 1. The van der Waals surface area contributed by atoms with Crippen molar-refractivity contribution in [2.75, 3.05) is 0 Å². The second kappa shape index (κ2) is 5.05. The normalized spacial score (nSPS) is 10.3. The minimum absolute atomic E-state index is 0.0452. The number of aromatic hydroxyl groups is 1. The molecule has 0 atom stereocenters. The van der Waals surface area contributed by atoms with Gasteiger partial charge in [-0.3, -0.25) is 4.79 Å². The largest absolute Gasteiger partial charge is 0.507 e. The number of carbonyl (C=O) groups excluding carboxylic acids is 1. The molecule has 0 aromatic heterocycles. The number of Topliss-reactive ketones (excluding diaryl/α,β-unsaturated/α-hetero) is 1. The summed E-state index contributed by atoms with van der Waals surface area (Å²) in [5, 5.41) is 9.90. The highest BCUT2D eigenvalue weighted by molar-refractivity contribution is 6.01. The van der Waals surface area contributed by atoms with E-state index in [-0.39, 0.29) is 11.5 Å². The number of phenols is 1. The number of carbonyl (C=O) groups is 1. The van der Waals surface area contributed by atoms with Gasteiger partial charge >= 0.3 is 0 Å². The fourth-order valence-corrected chi connectivity index (χ4v) is 2.18. The average molecular weight is 240 g/mol. The molecule has 0 saturated carbocycles. The Morgan fingerprint density at radius 3 is 2.39 bits per heavy atom. The fraction of sp³-hybridized carbons (Fsp3) is 0.188. The molecule has 0 aliphatic carbocycles. The summed E-state index contributed by atoms with van der Waals surface area (Å²) >= 11 is 0. The molecule has 92 valence electrons. The molecule has 0 aliphatic heterocycles. The number of benzene rings is 2. The molecular formula is C16H16O2. The summed E-state index contributed by atoms with van der Waals surface area (Å²) in [5.41, 5.74) is 3.18. The minimum Gasteiger partial charge on any atom is -0.507 e. The van der Waals surface area contributed by atoms with E-state index < -0.39 is 0 Å². The Morgan fingerprint density at radius 1 is 1.11 bits per heavy atom. The summed E-state index contributed by atoms with van der Waals surface area (Å²) < 4.78 is 0. The van der Waals surface area contributed by atoms with Crippen LogP contribution in [0.15, 0.2) is 42.5 Å². The van der Waals surface area contributed by atoms with Crippen molar-refractivity contribution in [2.45, 2.75) is 20.3 Å². The summed E-state index contributed by atoms with van der Waals surface area (Å²) in [6.45, 7) is 3.75. The predicted octanol–water partition coefficient (Wildman–Crippen LogP) is 3.43. The van der Waals surface area contributed by atoms with E-state index in [1.165, 1.54) is 0 Å². The molecule has 2 aromatic carbocycles. The molecule has 0 aliphatic rings. The number of hydrogen-bond donors (Lipinski definition) is 1. The topological polar surface area (TPSA) is 37.3 Å². The maximum absolute atomic E-state index is 12.2. The summed E-state index contributed by atoms with van der Waals surface area (Å²) in [4.78, 5) is 12.2. The lowest BCUT2D eigenvalue weighted by Crippen LogP contribution is -2.06. The zero-order valence-electron chi connectivity index (χ0n) is 10.6. The van der Waals surface area contributed by atoms with Gasteiger partial charge in [0.1, 0.15) is 5.75 Å².